The Bertz CT molecular complexity index is 230. The van der Waals surface area contributed by atoms with Gasteiger partial charge in [0.1, 0.15) is 0 Å². The van der Waals surface area contributed by atoms with E-state index in [1.807, 2.05) is 0 Å². The van der Waals surface area contributed by atoms with Crippen molar-refractivity contribution in [3.05, 3.63) is 0 Å². The number of amides is 2. The van der Waals surface area contributed by atoms with Crippen LogP contribution < -0.4 is 10.6 Å². The highest BCUT2D eigenvalue weighted by Crippen LogP contribution is 1.92. The summed E-state index contributed by atoms with van der Waals surface area (Å²) in [6, 6.07) is -1.20. The first-order valence-corrected chi connectivity index (χ1v) is 3.30. The zero-order valence-electron chi connectivity index (χ0n) is 6.42. The minimum Gasteiger partial charge on any atom is -0.467 e. The minimum absolute atomic E-state index is 0.0909. The van der Waals surface area contributed by atoms with Crippen LogP contribution in [0.15, 0.2) is 0 Å². The molecule has 0 aromatic heterocycles. The summed E-state index contributed by atoms with van der Waals surface area (Å²) < 4.78 is 4.29. The van der Waals surface area contributed by atoms with Crippen LogP contribution in [-0.4, -0.2) is 37.5 Å². The molecule has 0 saturated carbocycles. The second kappa shape index (κ2) is 3.21. The number of hydrogen-bond donors (Lipinski definition) is 2. The monoisotopic (exact) mass is 172 g/mol. The van der Waals surface area contributed by atoms with E-state index in [-0.39, 0.29) is 6.54 Å². The van der Waals surface area contributed by atoms with Crippen LogP contribution in [0.2, 0.25) is 0 Å². The van der Waals surface area contributed by atoms with Gasteiger partial charge in [-0.2, -0.15) is 0 Å². The summed E-state index contributed by atoms with van der Waals surface area (Å²) in [4.78, 5) is 32.4. The number of carbonyl (C=O) groups excluding carboxylic acids is 3. The highest BCUT2D eigenvalue weighted by atomic mass is 16.5. The topological polar surface area (TPSA) is 84.5 Å². The number of methoxy groups -OCH3 is 1. The van der Waals surface area contributed by atoms with Gasteiger partial charge in [0.05, 0.1) is 13.7 Å². The molecule has 1 rings (SSSR count). The van der Waals surface area contributed by atoms with Crippen molar-refractivity contribution >= 4 is 17.8 Å². The van der Waals surface area contributed by atoms with Crippen molar-refractivity contribution < 1.29 is 19.1 Å². The number of esters is 1. The molecule has 1 heterocycles. The van der Waals surface area contributed by atoms with Crippen molar-refractivity contribution in [2.75, 3.05) is 13.7 Å². The van der Waals surface area contributed by atoms with Crippen LogP contribution in [0.25, 0.3) is 0 Å². The number of rotatable bonds is 1. The van der Waals surface area contributed by atoms with E-state index in [4.69, 9.17) is 0 Å². The smallest absolute Gasteiger partial charge is 0.338 e. The highest BCUT2D eigenvalue weighted by molar-refractivity contribution is 6.08. The number of ether oxygens (including phenoxy) is 1. The molecule has 1 aliphatic heterocycles. The maximum atomic E-state index is 10.9. The minimum atomic E-state index is -1.20. The first kappa shape index (κ1) is 8.51. The average Bonchev–Trinajstić information content (AvgIpc) is 2.08. The van der Waals surface area contributed by atoms with Crippen molar-refractivity contribution in [3.8, 4) is 0 Å². The summed E-state index contributed by atoms with van der Waals surface area (Å²) in [5.74, 6) is -1.70. The largest absolute Gasteiger partial charge is 0.467 e. The summed E-state index contributed by atoms with van der Waals surface area (Å²) in [6.45, 7) is -0.0909. The maximum absolute atomic E-state index is 10.9. The Labute approximate surface area is 68.3 Å². The summed E-state index contributed by atoms with van der Waals surface area (Å²) in [5.41, 5.74) is 0. The van der Waals surface area contributed by atoms with Crippen LogP contribution in [0.4, 0.5) is 0 Å². The summed E-state index contributed by atoms with van der Waals surface area (Å²) >= 11 is 0. The van der Waals surface area contributed by atoms with E-state index in [9.17, 15) is 14.4 Å². The van der Waals surface area contributed by atoms with Crippen LogP contribution in [0.5, 0.6) is 0 Å². The molecular formula is C6H8N2O4. The third kappa shape index (κ3) is 1.52. The molecule has 0 aromatic rings. The van der Waals surface area contributed by atoms with Crippen molar-refractivity contribution in [3.63, 3.8) is 0 Å². The molecule has 1 atom stereocenters. The molecule has 2 amide bonds. The lowest BCUT2D eigenvalue weighted by molar-refractivity contribution is -0.151. The van der Waals surface area contributed by atoms with E-state index < -0.39 is 23.8 Å². The van der Waals surface area contributed by atoms with Crippen molar-refractivity contribution in [2.45, 2.75) is 6.04 Å². The van der Waals surface area contributed by atoms with Crippen molar-refractivity contribution in [1.29, 1.82) is 0 Å². The van der Waals surface area contributed by atoms with E-state index in [0.29, 0.717) is 0 Å². The summed E-state index contributed by atoms with van der Waals surface area (Å²) in [6.07, 6.45) is 0. The fourth-order valence-corrected chi connectivity index (χ4v) is 0.831. The van der Waals surface area contributed by atoms with E-state index in [1.165, 1.54) is 0 Å². The fraction of sp³-hybridized carbons (Fsp3) is 0.500. The molecule has 66 valence electrons. The molecule has 1 aliphatic rings. The number of carbonyl (C=O) groups is 3. The molecule has 0 aromatic carbocycles. The first-order chi connectivity index (χ1) is 5.65. The van der Waals surface area contributed by atoms with Gasteiger partial charge in [-0.1, -0.05) is 0 Å². The van der Waals surface area contributed by atoms with Gasteiger partial charge in [-0.25, -0.2) is 4.79 Å². The predicted octanol–water partition coefficient (Wildman–Crippen LogP) is -2.23. The van der Waals surface area contributed by atoms with Gasteiger partial charge in [-0.05, 0) is 0 Å². The van der Waals surface area contributed by atoms with Gasteiger partial charge in [-0.3, -0.25) is 9.59 Å². The molecule has 6 nitrogen and oxygen atoms in total. The molecule has 2 N–H and O–H groups in total. The summed E-state index contributed by atoms with van der Waals surface area (Å²) in [7, 11) is 1.15. The van der Waals surface area contributed by atoms with Gasteiger partial charge in [0, 0.05) is 0 Å². The standard InChI is InChI=1S/C6H8N2O4/c1-12-6(11)4-5(10)7-2-3(9)8-4/h4H,2H2,1H3,(H,7,10)(H,8,9)/t4-/m0/s1. The van der Waals surface area contributed by atoms with Crippen LogP contribution in [-0.2, 0) is 19.1 Å². The lowest BCUT2D eigenvalue weighted by Crippen LogP contribution is -2.59. The fourth-order valence-electron chi connectivity index (χ4n) is 0.831. The molecular weight excluding hydrogens is 164 g/mol. The van der Waals surface area contributed by atoms with Crippen molar-refractivity contribution in [1.82, 2.24) is 10.6 Å². The van der Waals surface area contributed by atoms with Crippen LogP contribution in [0.1, 0.15) is 0 Å². The Morgan fingerprint density at radius 2 is 2.25 bits per heavy atom. The second-order valence-electron chi connectivity index (χ2n) is 2.24. The SMILES string of the molecule is COC(=O)[C@H]1NC(=O)CNC1=O. The molecule has 0 bridgehead atoms. The number of nitrogens with one attached hydrogen (secondary N) is 2. The zero-order chi connectivity index (χ0) is 9.14. The quantitative estimate of drug-likeness (QED) is 0.346. The Morgan fingerprint density at radius 1 is 1.58 bits per heavy atom. The van der Waals surface area contributed by atoms with Gasteiger partial charge in [0.2, 0.25) is 11.9 Å². The van der Waals surface area contributed by atoms with E-state index in [1.54, 1.807) is 0 Å². The van der Waals surface area contributed by atoms with E-state index >= 15 is 0 Å². The molecule has 6 heteroatoms. The van der Waals surface area contributed by atoms with E-state index in [2.05, 4.69) is 15.4 Å². The lowest BCUT2D eigenvalue weighted by atomic mass is 10.2. The molecule has 12 heavy (non-hydrogen) atoms. The van der Waals surface area contributed by atoms with Crippen LogP contribution in [0, 0.1) is 0 Å². The highest BCUT2D eigenvalue weighted by Gasteiger charge is 2.32. The Hall–Kier alpha value is -1.59. The Kier molecular flexibility index (Phi) is 2.27. The van der Waals surface area contributed by atoms with Crippen molar-refractivity contribution in [2.24, 2.45) is 0 Å². The normalized spacial score (nSPS) is 22.6. The predicted molar refractivity (Wildman–Crippen MR) is 37.0 cm³/mol. The maximum Gasteiger partial charge on any atom is 0.338 e. The van der Waals surface area contributed by atoms with Gasteiger partial charge in [0.15, 0.2) is 0 Å². The van der Waals surface area contributed by atoms with Gasteiger partial charge < -0.3 is 15.4 Å². The lowest BCUT2D eigenvalue weighted by Gasteiger charge is -2.20. The van der Waals surface area contributed by atoms with Gasteiger partial charge in [-0.15, -0.1) is 0 Å². The van der Waals surface area contributed by atoms with Gasteiger partial charge >= 0.3 is 5.97 Å². The summed E-state index contributed by atoms with van der Waals surface area (Å²) in [5, 5.41) is 4.44. The van der Waals surface area contributed by atoms with Crippen LogP contribution in [0.3, 0.4) is 0 Å². The molecule has 0 aliphatic carbocycles. The third-order valence-electron chi connectivity index (χ3n) is 1.43. The number of piperazine rings is 1. The molecule has 1 saturated heterocycles. The average molecular weight is 172 g/mol. The molecule has 0 radical (unpaired) electrons. The Morgan fingerprint density at radius 3 is 2.83 bits per heavy atom. The van der Waals surface area contributed by atoms with E-state index in [0.717, 1.165) is 7.11 Å². The Balaban J connectivity index is 2.67. The zero-order valence-corrected chi connectivity index (χ0v) is 6.42. The molecule has 1 fully saturated rings. The first-order valence-electron chi connectivity index (χ1n) is 3.30. The second-order valence-corrected chi connectivity index (χ2v) is 2.24. The molecule has 0 unspecified atom stereocenters. The third-order valence-corrected chi connectivity index (χ3v) is 1.43. The molecule has 0 spiro atoms. The number of hydrogen-bond acceptors (Lipinski definition) is 4. The van der Waals surface area contributed by atoms with Crippen LogP contribution >= 0.6 is 0 Å². The van der Waals surface area contributed by atoms with Gasteiger partial charge in [0.25, 0.3) is 5.91 Å².